The molecular weight excluding hydrogens is 492 g/mol. The van der Waals surface area contributed by atoms with Gasteiger partial charge in [-0.15, -0.1) is 0 Å². The summed E-state index contributed by atoms with van der Waals surface area (Å²) >= 11 is 0. The van der Waals surface area contributed by atoms with Crippen molar-refractivity contribution < 1.29 is 18.4 Å². The van der Waals surface area contributed by atoms with E-state index in [0.29, 0.717) is 48.1 Å². The summed E-state index contributed by atoms with van der Waals surface area (Å²) in [6, 6.07) is 12.2. The number of hydrogen-bond acceptors (Lipinski definition) is 5. The minimum atomic E-state index is -0.469. The van der Waals surface area contributed by atoms with Crippen LogP contribution in [-0.4, -0.2) is 47.3 Å². The molecule has 2 aromatic heterocycles. The van der Waals surface area contributed by atoms with Crippen LogP contribution in [0.3, 0.4) is 0 Å². The van der Waals surface area contributed by atoms with Gasteiger partial charge in [-0.05, 0) is 67.7 Å². The number of aryl methyl sites for hydroxylation is 2. The summed E-state index contributed by atoms with van der Waals surface area (Å²) in [6.45, 7) is 5.89. The van der Waals surface area contributed by atoms with Crippen LogP contribution < -0.4 is 5.63 Å². The number of carbonyl (C=O) groups excluding carboxylic acids is 2. The van der Waals surface area contributed by atoms with Gasteiger partial charge < -0.3 is 18.6 Å². The molecule has 7 heteroatoms. The third-order valence-electron chi connectivity index (χ3n) is 9.23. The summed E-state index contributed by atoms with van der Waals surface area (Å²) in [5.74, 6) is 0.812. The largest absolute Gasteiger partial charge is 0.463 e. The first-order valence-electron chi connectivity index (χ1n) is 14.0. The Bertz CT molecular complexity index is 1680. The first-order chi connectivity index (χ1) is 18.9. The molecule has 5 heterocycles. The quantitative estimate of drug-likeness (QED) is 0.343. The van der Waals surface area contributed by atoms with Gasteiger partial charge in [-0.1, -0.05) is 30.3 Å². The lowest BCUT2D eigenvalue weighted by Gasteiger charge is -2.52. The fraction of sp³-hybridized carbons (Fsp3) is 0.406. The molecular formula is C32H32N2O5. The summed E-state index contributed by atoms with van der Waals surface area (Å²) in [5, 5.41) is 1.73. The lowest BCUT2D eigenvalue weighted by atomic mass is 9.76. The van der Waals surface area contributed by atoms with E-state index < -0.39 is 5.63 Å². The molecule has 3 saturated heterocycles. The number of amides is 2. The van der Waals surface area contributed by atoms with E-state index in [-0.39, 0.29) is 24.3 Å². The van der Waals surface area contributed by atoms with Gasteiger partial charge in [-0.3, -0.25) is 9.59 Å². The summed E-state index contributed by atoms with van der Waals surface area (Å²) in [4.78, 5) is 43.2. The van der Waals surface area contributed by atoms with Gasteiger partial charge in [0.15, 0.2) is 0 Å². The molecule has 200 valence electrons. The van der Waals surface area contributed by atoms with E-state index in [1.54, 1.807) is 6.26 Å². The van der Waals surface area contributed by atoms with E-state index in [9.17, 15) is 14.4 Å². The Balaban J connectivity index is 1.23. The van der Waals surface area contributed by atoms with Crippen molar-refractivity contribution in [1.82, 2.24) is 9.80 Å². The normalized spacial score (nSPS) is 22.9. The molecule has 7 rings (SSSR count). The summed E-state index contributed by atoms with van der Waals surface area (Å²) in [5.41, 5.74) is 4.81. The first-order valence-corrected chi connectivity index (χ1v) is 14.0. The van der Waals surface area contributed by atoms with E-state index in [0.717, 1.165) is 58.8 Å². The third kappa shape index (κ3) is 3.89. The average Bonchev–Trinajstić information content (AvgIpc) is 3.37. The number of benzene rings is 2. The van der Waals surface area contributed by atoms with Gasteiger partial charge in [0.05, 0.1) is 23.6 Å². The number of rotatable bonds is 3. The minimum Gasteiger partial charge on any atom is -0.463 e. The number of fused-ring (bicyclic) bond motifs is 7. The van der Waals surface area contributed by atoms with E-state index in [1.807, 2.05) is 55.1 Å². The predicted molar refractivity (Wildman–Crippen MR) is 148 cm³/mol. The van der Waals surface area contributed by atoms with Crippen molar-refractivity contribution in [2.24, 2.45) is 11.8 Å². The van der Waals surface area contributed by atoms with Crippen LogP contribution in [0, 0.1) is 25.7 Å². The molecule has 0 aliphatic carbocycles. The van der Waals surface area contributed by atoms with E-state index in [2.05, 4.69) is 4.90 Å². The molecule has 7 nitrogen and oxygen atoms in total. The first kappa shape index (κ1) is 24.2. The summed E-state index contributed by atoms with van der Waals surface area (Å²) in [7, 11) is 0. The molecule has 0 N–H and O–H groups in total. The van der Waals surface area contributed by atoms with Crippen LogP contribution in [-0.2, 0) is 16.0 Å². The van der Waals surface area contributed by atoms with Crippen molar-refractivity contribution in [3.8, 4) is 11.1 Å². The zero-order valence-corrected chi connectivity index (χ0v) is 22.4. The molecule has 0 radical (unpaired) electrons. The fourth-order valence-corrected chi connectivity index (χ4v) is 7.40. The van der Waals surface area contributed by atoms with Crippen molar-refractivity contribution in [3.05, 3.63) is 69.8 Å². The van der Waals surface area contributed by atoms with Gasteiger partial charge in [-0.25, -0.2) is 4.79 Å². The SMILES string of the molecule is Cc1cc2oc(=O)c(CC(=O)N3C[C@H]4C[C@@H](C3)[C@H]3CCCC(=O)N3C4)c(C)c2c2occ(-c3ccccc3)c12. The highest BCUT2D eigenvalue weighted by Gasteiger charge is 2.44. The number of furan rings is 1. The van der Waals surface area contributed by atoms with Gasteiger partial charge in [0.25, 0.3) is 0 Å². The maximum Gasteiger partial charge on any atom is 0.340 e. The molecule has 3 aliphatic rings. The monoisotopic (exact) mass is 524 g/mol. The number of piperidine rings is 3. The van der Waals surface area contributed by atoms with Gasteiger partial charge in [0.1, 0.15) is 11.2 Å². The smallest absolute Gasteiger partial charge is 0.340 e. The van der Waals surface area contributed by atoms with Crippen molar-refractivity contribution in [2.75, 3.05) is 19.6 Å². The highest BCUT2D eigenvalue weighted by Crippen LogP contribution is 2.40. The lowest BCUT2D eigenvalue weighted by molar-refractivity contribution is -0.148. The highest BCUT2D eigenvalue weighted by atomic mass is 16.4. The number of likely N-dealkylation sites (tertiary alicyclic amines) is 1. The summed E-state index contributed by atoms with van der Waals surface area (Å²) in [6.07, 6.45) is 5.41. The second-order valence-corrected chi connectivity index (χ2v) is 11.6. The molecule has 2 amide bonds. The van der Waals surface area contributed by atoms with Gasteiger partial charge in [-0.2, -0.15) is 0 Å². The molecule has 4 aromatic rings. The highest BCUT2D eigenvalue weighted by molar-refractivity contribution is 6.11. The molecule has 2 bridgehead atoms. The van der Waals surface area contributed by atoms with Crippen molar-refractivity contribution in [3.63, 3.8) is 0 Å². The van der Waals surface area contributed by atoms with Gasteiger partial charge in [0.2, 0.25) is 11.8 Å². The van der Waals surface area contributed by atoms with Crippen molar-refractivity contribution in [1.29, 1.82) is 0 Å². The standard InChI is InChI=1S/C32H32N2O5/c1-18-11-26-30(31-29(18)24(17-38-31)21-7-4-3-5-8-21)19(2)23(32(37)39-26)13-28(36)33-14-20-12-22(16-33)25-9-6-10-27(35)34(25)15-20/h3-5,7-8,11,17,20,22,25H,6,9-10,12-16H2,1-2H3/t20-,22+,25-/m1/s1. The number of carbonyl (C=O) groups is 2. The molecule has 3 aliphatic heterocycles. The molecule has 0 unspecified atom stereocenters. The van der Waals surface area contributed by atoms with Crippen molar-refractivity contribution >= 4 is 33.8 Å². The van der Waals surface area contributed by atoms with Crippen molar-refractivity contribution in [2.45, 2.75) is 52.0 Å². The second kappa shape index (κ2) is 9.11. The Morgan fingerprint density at radius 3 is 2.69 bits per heavy atom. The molecule has 3 fully saturated rings. The van der Waals surface area contributed by atoms with Crippen LogP contribution in [0.25, 0.3) is 33.1 Å². The van der Waals surface area contributed by atoms with Crippen LogP contribution >= 0.6 is 0 Å². The van der Waals surface area contributed by atoms with E-state index in [4.69, 9.17) is 8.83 Å². The van der Waals surface area contributed by atoms with Gasteiger partial charge >= 0.3 is 5.63 Å². The lowest BCUT2D eigenvalue weighted by Crippen LogP contribution is -2.61. The van der Waals surface area contributed by atoms with Crippen LogP contribution in [0.2, 0.25) is 0 Å². The van der Waals surface area contributed by atoms with Crippen LogP contribution in [0.4, 0.5) is 0 Å². The maximum atomic E-state index is 13.6. The molecule has 2 aromatic carbocycles. The fourth-order valence-electron chi connectivity index (χ4n) is 7.40. The Kier molecular flexibility index (Phi) is 5.65. The number of hydrogen-bond donors (Lipinski definition) is 0. The van der Waals surface area contributed by atoms with Crippen LogP contribution in [0.5, 0.6) is 0 Å². The number of nitrogens with zero attached hydrogens (tertiary/aromatic N) is 2. The zero-order valence-electron chi connectivity index (χ0n) is 22.4. The van der Waals surface area contributed by atoms with E-state index in [1.165, 1.54) is 0 Å². The Morgan fingerprint density at radius 1 is 1.05 bits per heavy atom. The van der Waals surface area contributed by atoms with Gasteiger partial charge in [0, 0.05) is 43.0 Å². The second-order valence-electron chi connectivity index (χ2n) is 11.6. The Hall–Kier alpha value is -3.87. The van der Waals surface area contributed by atoms with Crippen LogP contribution in [0.15, 0.2) is 56.3 Å². The molecule has 0 spiro atoms. The Labute approximate surface area is 226 Å². The summed E-state index contributed by atoms with van der Waals surface area (Å²) < 4.78 is 11.9. The zero-order chi connectivity index (χ0) is 26.8. The molecule has 39 heavy (non-hydrogen) atoms. The average molecular weight is 525 g/mol. The molecule has 0 saturated carbocycles. The predicted octanol–water partition coefficient (Wildman–Crippen LogP) is 5.22. The topological polar surface area (TPSA) is 84.0 Å². The Morgan fingerprint density at radius 2 is 1.87 bits per heavy atom. The third-order valence-corrected chi connectivity index (χ3v) is 9.23. The maximum absolute atomic E-state index is 13.6. The van der Waals surface area contributed by atoms with E-state index >= 15 is 0 Å². The molecule has 3 atom stereocenters. The minimum absolute atomic E-state index is 0.00151. The van der Waals surface area contributed by atoms with Crippen LogP contribution in [0.1, 0.15) is 42.4 Å².